The zero-order valence-corrected chi connectivity index (χ0v) is 9.25. The van der Waals surface area contributed by atoms with Gasteiger partial charge in [0.25, 0.3) is 0 Å². The van der Waals surface area contributed by atoms with Gasteiger partial charge in [0.1, 0.15) is 0 Å². The van der Waals surface area contributed by atoms with Crippen LogP contribution < -0.4 is 0 Å². The third kappa shape index (κ3) is 1.44. The first kappa shape index (κ1) is 9.66. The molecule has 0 amide bonds. The molecule has 0 aromatic carbocycles. The summed E-state index contributed by atoms with van der Waals surface area (Å²) in [6, 6.07) is 4.32. The van der Waals surface area contributed by atoms with Crippen LogP contribution in [-0.2, 0) is 5.54 Å². The molecule has 1 aliphatic heterocycles. The lowest BCUT2D eigenvalue weighted by molar-refractivity contribution is 0.197. The van der Waals surface area contributed by atoms with Crippen LogP contribution in [0.2, 0.25) is 0 Å². The lowest BCUT2D eigenvalue weighted by Crippen LogP contribution is -2.35. The Kier molecular flexibility index (Phi) is 2.31. The van der Waals surface area contributed by atoms with Crippen LogP contribution in [0, 0.1) is 6.92 Å². The molecule has 1 fully saturated rings. The molecule has 0 bridgehead atoms. The van der Waals surface area contributed by atoms with Crippen molar-refractivity contribution in [2.45, 2.75) is 32.2 Å². The monoisotopic (exact) mass is 190 g/mol. The Morgan fingerprint density at radius 3 is 2.71 bits per heavy atom. The zero-order chi connectivity index (χ0) is 10.2. The predicted octanol–water partition coefficient (Wildman–Crippen LogP) is 2.33. The number of hydrogen-bond acceptors (Lipinski definition) is 2. The van der Waals surface area contributed by atoms with E-state index < -0.39 is 0 Å². The van der Waals surface area contributed by atoms with Gasteiger partial charge in [-0.25, -0.2) is 0 Å². The van der Waals surface area contributed by atoms with Crippen molar-refractivity contribution < 1.29 is 0 Å². The molecule has 2 nitrogen and oxygen atoms in total. The highest BCUT2D eigenvalue weighted by Crippen LogP contribution is 2.36. The maximum Gasteiger partial charge on any atom is 0.0445 e. The van der Waals surface area contributed by atoms with Gasteiger partial charge in [-0.2, -0.15) is 0 Å². The van der Waals surface area contributed by atoms with E-state index in [1.807, 2.05) is 13.1 Å². The van der Waals surface area contributed by atoms with E-state index in [4.69, 9.17) is 0 Å². The third-order valence-corrected chi connectivity index (χ3v) is 3.53. The molecule has 1 unspecified atom stereocenters. The fraction of sp³-hybridized carbons (Fsp3) is 0.583. The summed E-state index contributed by atoms with van der Waals surface area (Å²) in [5.74, 6) is 0. The molecular weight excluding hydrogens is 172 g/mol. The second kappa shape index (κ2) is 3.35. The molecule has 0 aliphatic carbocycles. The van der Waals surface area contributed by atoms with Gasteiger partial charge in [-0.1, -0.05) is 6.07 Å². The van der Waals surface area contributed by atoms with Gasteiger partial charge in [-0.05, 0) is 51.9 Å². The van der Waals surface area contributed by atoms with E-state index in [0.717, 1.165) is 5.69 Å². The van der Waals surface area contributed by atoms with Crippen LogP contribution in [0.1, 0.15) is 31.0 Å². The predicted molar refractivity (Wildman–Crippen MR) is 58.2 cm³/mol. The van der Waals surface area contributed by atoms with Crippen LogP contribution in [-0.4, -0.2) is 23.5 Å². The highest BCUT2D eigenvalue weighted by atomic mass is 15.2. The molecule has 1 saturated heterocycles. The lowest BCUT2D eigenvalue weighted by atomic mass is 9.91. The van der Waals surface area contributed by atoms with Crippen molar-refractivity contribution in [3.8, 4) is 0 Å². The van der Waals surface area contributed by atoms with E-state index in [2.05, 4.69) is 36.0 Å². The quantitative estimate of drug-likeness (QED) is 0.675. The molecular formula is C12H18N2. The molecule has 1 aromatic heterocycles. The first-order valence-electron chi connectivity index (χ1n) is 5.27. The Morgan fingerprint density at radius 2 is 2.21 bits per heavy atom. The van der Waals surface area contributed by atoms with Crippen molar-refractivity contribution in [3.05, 3.63) is 29.6 Å². The first-order valence-corrected chi connectivity index (χ1v) is 5.27. The van der Waals surface area contributed by atoms with Crippen LogP contribution in [0.25, 0.3) is 0 Å². The molecule has 2 heterocycles. The Hall–Kier alpha value is -0.890. The smallest absolute Gasteiger partial charge is 0.0445 e. The number of pyridine rings is 1. The molecule has 1 aromatic rings. The van der Waals surface area contributed by atoms with Crippen LogP contribution >= 0.6 is 0 Å². The van der Waals surface area contributed by atoms with E-state index in [1.54, 1.807) is 0 Å². The Morgan fingerprint density at radius 1 is 1.43 bits per heavy atom. The minimum atomic E-state index is 0.209. The fourth-order valence-electron chi connectivity index (χ4n) is 2.25. The van der Waals surface area contributed by atoms with E-state index in [9.17, 15) is 0 Å². The number of aromatic nitrogens is 1. The first-order chi connectivity index (χ1) is 6.63. The third-order valence-electron chi connectivity index (χ3n) is 3.53. The minimum Gasteiger partial charge on any atom is -0.297 e. The Balaban J connectivity index is 2.34. The van der Waals surface area contributed by atoms with Gasteiger partial charge in [0.15, 0.2) is 0 Å². The summed E-state index contributed by atoms with van der Waals surface area (Å²) in [6.07, 6.45) is 4.56. The number of hydrogen-bond donors (Lipinski definition) is 0. The standard InChI is InChI=1S/C12H18N2/c1-10-5-6-11(9-13-10)12(2)7-4-8-14(12)3/h5-6,9H,4,7-8H2,1-3H3. The molecule has 1 atom stereocenters. The van der Waals surface area contributed by atoms with Gasteiger partial charge < -0.3 is 0 Å². The normalized spacial score (nSPS) is 28.2. The number of likely N-dealkylation sites (tertiary alicyclic amines) is 1. The molecule has 0 spiro atoms. The average molecular weight is 190 g/mol. The molecule has 0 radical (unpaired) electrons. The van der Waals surface area contributed by atoms with Crippen molar-refractivity contribution in [1.82, 2.24) is 9.88 Å². The highest BCUT2D eigenvalue weighted by molar-refractivity contribution is 5.23. The number of aryl methyl sites for hydroxylation is 1. The molecule has 14 heavy (non-hydrogen) atoms. The Labute approximate surface area is 86.0 Å². The lowest BCUT2D eigenvalue weighted by Gasteiger charge is -2.32. The van der Waals surface area contributed by atoms with Gasteiger partial charge in [0, 0.05) is 17.4 Å². The molecule has 1 aliphatic rings. The van der Waals surface area contributed by atoms with Crippen molar-refractivity contribution >= 4 is 0 Å². The molecule has 2 rings (SSSR count). The maximum absolute atomic E-state index is 4.38. The maximum atomic E-state index is 4.38. The molecule has 76 valence electrons. The number of rotatable bonds is 1. The topological polar surface area (TPSA) is 16.1 Å². The van der Waals surface area contributed by atoms with Crippen LogP contribution in [0.4, 0.5) is 0 Å². The minimum absolute atomic E-state index is 0.209. The molecule has 2 heteroatoms. The van der Waals surface area contributed by atoms with Crippen LogP contribution in [0.15, 0.2) is 18.3 Å². The average Bonchev–Trinajstić information content (AvgIpc) is 2.49. The summed E-state index contributed by atoms with van der Waals surface area (Å²) in [7, 11) is 2.20. The second-order valence-electron chi connectivity index (χ2n) is 4.49. The highest BCUT2D eigenvalue weighted by Gasteiger charge is 2.35. The van der Waals surface area contributed by atoms with Gasteiger partial charge in [0.2, 0.25) is 0 Å². The van der Waals surface area contributed by atoms with Gasteiger partial charge >= 0.3 is 0 Å². The summed E-state index contributed by atoms with van der Waals surface area (Å²) < 4.78 is 0. The fourth-order valence-corrected chi connectivity index (χ4v) is 2.25. The zero-order valence-electron chi connectivity index (χ0n) is 9.25. The second-order valence-corrected chi connectivity index (χ2v) is 4.49. The van der Waals surface area contributed by atoms with Crippen LogP contribution in [0.5, 0.6) is 0 Å². The van der Waals surface area contributed by atoms with Gasteiger partial charge in [-0.3, -0.25) is 9.88 Å². The van der Waals surface area contributed by atoms with E-state index >= 15 is 0 Å². The van der Waals surface area contributed by atoms with Crippen molar-refractivity contribution in [2.75, 3.05) is 13.6 Å². The van der Waals surface area contributed by atoms with Gasteiger partial charge in [-0.15, -0.1) is 0 Å². The van der Waals surface area contributed by atoms with Crippen molar-refractivity contribution in [2.24, 2.45) is 0 Å². The van der Waals surface area contributed by atoms with E-state index in [1.165, 1.54) is 24.9 Å². The summed E-state index contributed by atoms with van der Waals surface area (Å²) in [4.78, 5) is 6.81. The van der Waals surface area contributed by atoms with Crippen LogP contribution in [0.3, 0.4) is 0 Å². The Bertz CT molecular complexity index is 318. The SMILES string of the molecule is Cc1ccc(C2(C)CCCN2C)cn1. The van der Waals surface area contributed by atoms with Gasteiger partial charge in [0.05, 0.1) is 0 Å². The van der Waals surface area contributed by atoms with E-state index in [-0.39, 0.29) is 5.54 Å². The van der Waals surface area contributed by atoms with Crippen molar-refractivity contribution in [3.63, 3.8) is 0 Å². The largest absolute Gasteiger partial charge is 0.297 e. The number of nitrogens with zero attached hydrogens (tertiary/aromatic N) is 2. The summed E-state index contributed by atoms with van der Waals surface area (Å²) in [5, 5.41) is 0. The van der Waals surface area contributed by atoms with Crippen molar-refractivity contribution in [1.29, 1.82) is 0 Å². The summed E-state index contributed by atoms with van der Waals surface area (Å²) in [6.45, 7) is 5.54. The molecule has 0 N–H and O–H groups in total. The summed E-state index contributed by atoms with van der Waals surface area (Å²) in [5.41, 5.74) is 2.65. The summed E-state index contributed by atoms with van der Waals surface area (Å²) >= 11 is 0. The van der Waals surface area contributed by atoms with E-state index in [0.29, 0.717) is 0 Å². The molecule has 0 saturated carbocycles.